The Morgan fingerprint density at radius 2 is 1.84 bits per heavy atom. The molecule has 3 atom stereocenters. The number of nitrogens with one attached hydrogen (secondary N) is 1. The highest BCUT2D eigenvalue weighted by Gasteiger charge is 2.60. The van der Waals surface area contributed by atoms with Crippen LogP contribution in [0.3, 0.4) is 0 Å². The van der Waals surface area contributed by atoms with Crippen LogP contribution in [0.2, 0.25) is 0 Å². The lowest BCUT2D eigenvalue weighted by Crippen LogP contribution is -2.69. The van der Waals surface area contributed by atoms with E-state index in [0.29, 0.717) is 0 Å². The SMILES string of the molecule is COC1(C)CC(N(C)C(=O)NC2CCOC3(CCCCC3)C2)C1(C)C. The lowest BCUT2D eigenvalue weighted by Gasteiger charge is -2.61. The summed E-state index contributed by atoms with van der Waals surface area (Å²) in [5.41, 5.74) is -0.178. The number of amides is 2. The predicted octanol–water partition coefficient (Wildman–Crippen LogP) is 3.71. The molecule has 25 heavy (non-hydrogen) atoms. The monoisotopic (exact) mass is 352 g/mol. The van der Waals surface area contributed by atoms with E-state index in [1.54, 1.807) is 7.11 Å². The average molecular weight is 353 g/mol. The first-order chi connectivity index (χ1) is 11.7. The van der Waals surface area contributed by atoms with E-state index in [1.165, 1.54) is 19.3 Å². The molecule has 5 nitrogen and oxygen atoms in total. The van der Waals surface area contributed by atoms with Crippen molar-refractivity contribution in [3.8, 4) is 0 Å². The molecule has 3 fully saturated rings. The van der Waals surface area contributed by atoms with E-state index in [2.05, 4.69) is 26.1 Å². The number of urea groups is 1. The van der Waals surface area contributed by atoms with Gasteiger partial charge in [-0.15, -0.1) is 0 Å². The van der Waals surface area contributed by atoms with Gasteiger partial charge in [0.2, 0.25) is 0 Å². The van der Waals surface area contributed by atoms with Gasteiger partial charge in [0.1, 0.15) is 0 Å². The first-order valence-corrected chi connectivity index (χ1v) is 9.95. The molecule has 5 heteroatoms. The maximum absolute atomic E-state index is 12.8. The van der Waals surface area contributed by atoms with Crippen molar-refractivity contribution in [2.45, 2.75) is 95.4 Å². The second kappa shape index (κ2) is 6.73. The molecule has 2 amide bonds. The van der Waals surface area contributed by atoms with Crippen LogP contribution in [0.25, 0.3) is 0 Å². The summed E-state index contributed by atoms with van der Waals surface area (Å²) in [6.45, 7) is 7.30. The van der Waals surface area contributed by atoms with Crippen molar-refractivity contribution in [2.75, 3.05) is 20.8 Å². The topological polar surface area (TPSA) is 50.8 Å². The smallest absolute Gasteiger partial charge is 0.317 e. The molecule has 1 spiro atoms. The molecule has 0 radical (unpaired) electrons. The van der Waals surface area contributed by atoms with Gasteiger partial charge in [-0.25, -0.2) is 4.79 Å². The van der Waals surface area contributed by atoms with Crippen molar-refractivity contribution in [3.05, 3.63) is 0 Å². The number of hydrogen-bond acceptors (Lipinski definition) is 3. The minimum atomic E-state index is -0.156. The predicted molar refractivity (Wildman–Crippen MR) is 98.7 cm³/mol. The van der Waals surface area contributed by atoms with Crippen LogP contribution >= 0.6 is 0 Å². The molecule has 2 saturated carbocycles. The molecule has 3 rings (SSSR count). The van der Waals surface area contributed by atoms with E-state index in [9.17, 15) is 4.79 Å². The fourth-order valence-electron chi connectivity index (χ4n) is 5.19. The van der Waals surface area contributed by atoms with Crippen molar-refractivity contribution >= 4 is 6.03 Å². The maximum atomic E-state index is 12.8. The average Bonchev–Trinajstić information content (AvgIpc) is 2.59. The van der Waals surface area contributed by atoms with Crippen LogP contribution in [0.5, 0.6) is 0 Å². The summed E-state index contributed by atoms with van der Waals surface area (Å²) >= 11 is 0. The largest absolute Gasteiger partial charge is 0.378 e. The normalized spacial score (nSPS) is 36.5. The highest BCUT2D eigenvalue weighted by molar-refractivity contribution is 5.75. The highest BCUT2D eigenvalue weighted by Crippen LogP contribution is 2.53. The van der Waals surface area contributed by atoms with Crippen LogP contribution in [0, 0.1) is 5.41 Å². The zero-order valence-corrected chi connectivity index (χ0v) is 16.7. The first kappa shape index (κ1) is 19.0. The van der Waals surface area contributed by atoms with Crippen LogP contribution in [0.4, 0.5) is 4.79 Å². The van der Waals surface area contributed by atoms with Gasteiger partial charge in [-0.05, 0) is 39.0 Å². The van der Waals surface area contributed by atoms with Gasteiger partial charge < -0.3 is 19.7 Å². The summed E-state index contributed by atoms with van der Waals surface area (Å²) in [6, 6.07) is 0.494. The summed E-state index contributed by atoms with van der Waals surface area (Å²) in [6.07, 6.45) is 8.91. The van der Waals surface area contributed by atoms with Crippen molar-refractivity contribution in [3.63, 3.8) is 0 Å². The number of carbonyl (C=O) groups excluding carboxylic acids is 1. The van der Waals surface area contributed by atoms with Gasteiger partial charge >= 0.3 is 6.03 Å². The summed E-state index contributed by atoms with van der Waals surface area (Å²) in [7, 11) is 3.69. The highest BCUT2D eigenvalue weighted by atomic mass is 16.5. The third-order valence-electron chi connectivity index (χ3n) is 7.60. The summed E-state index contributed by atoms with van der Waals surface area (Å²) < 4.78 is 11.9. The van der Waals surface area contributed by atoms with Crippen molar-refractivity contribution < 1.29 is 14.3 Å². The summed E-state index contributed by atoms with van der Waals surface area (Å²) in [5, 5.41) is 3.29. The quantitative estimate of drug-likeness (QED) is 0.842. The Kier molecular flexibility index (Phi) is 5.11. The van der Waals surface area contributed by atoms with Gasteiger partial charge in [0, 0.05) is 38.3 Å². The van der Waals surface area contributed by atoms with E-state index in [1.807, 2.05) is 11.9 Å². The maximum Gasteiger partial charge on any atom is 0.317 e. The summed E-state index contributed by atoms with van der Waals surface area (Å²) in [5.74, 6) is 0. The molecule has 1 N–H and O–H groups in total. The van der Waals surface area contributed by atoms with E-state index in [4.69, 9.17) is 9.47 Å². The van der Waals surface area contributed by atoms with Gasteiger partial charge in [-0.1, -0.05) is 33.1 Å². The number of carbonyl (C=O) groups is 1. The molecule has 3 unspecified atom stereocenters. The van der Waals surface area contributed by atoms with E-state index in [-0.39, 0.29) is 34.7 Å². The molecule has 144 valence electrons. The molecular weight excluding hydrogens is 316 g/mol. The van der Waals surface area contributed by atoms with E-state index >= 15 is 0 Å². The fraction of sp³-hybridized carbons (Fsp3) is 0.950. The standard InChI is InChI=1S/C20H36N2O3/c1-18(2)16(14-19(18,3)24-5)22(4)17(23)21-15-9-12-25-20(13-15)10-7-6-8-11-20/h15-16H,6-14H2,1-5H3,(H,21,23). The van der Waals surface area contributed by atoms with Gasteiger partial charge in [0.25, 0.3) is 0 Å². The van der Waals surface area contributed by atoms with Gasteiger partial charge in [-0.2, -0.15) is 0 Å². The zero-order chi connectivity index (χ0) is 18.3. The number of ether oxygens (including phenoxy) is 2. The number of methoxy groups -OCH3 is 1. The molecule has 2 aliphatic carbocycles. The lowest BCUT2D eigenvalue weighted by molar-refractivity contribution is -0.198. The minimum Gasteiger partial charge on any atom is -0.378 e. The molecule has 0 aromatic rings. The van der Waals surface area contributed by atoms with Crippen LogP contribution in [0.1, 0.15) is 72.1 Å². The lowest BCUT2D eigenvalue weighted by atomic mass is 9.55. The Morgan fingerprint density at radius 3 is 2.44 bits per heavy atom. The molecule has 3 aliphatic rings. The Hall–Kier alpha value is -0.810. The first-order valence-electron chi connectivity index (χ1n) is 9.95. The Balaban J connectivity index is 1.57. The molecule has 0 aromatic carbocycles. The molecule has 0 bridgehead atoms. The third-order valence-corrected chi connectivity index (χ3v) is 7.60. The van der Waals surface area contributed by atoms with E-state index < -0.39 is 0 Å². The Bertz CT molecular complexity index is 496. The molecule has 1 heterocycles. The van der Waals surface area contributed by atoms with Crippen molar-refractivity contribution in [2.24, 2.45) is 5.41 Å². The van der Waals surface area contributed by atoms with Crippen LogP contribution in [0.15, 0.2) is 0 Å². The molecule has 0 aromatic heterocycles. The molecule has 1 saturated heterocycles. The van der Waals surface area contributed by atoms with Crippen LogP contribution in [-0.2, 0) is 9.47 Å². The number of rotatable bonds is 3. The van der Waals surface area contributed by atoms with Gasteiger partial charge in [0.05, 0.1) is 11.2 Å². The minimum absolute atomic E-state index is 0.0252. The van der Waals surface area contributed by atoms with Crippen molar-refractivity contribution in [1.82, 2.24) is 10.2 Å². The van der Waals surface area contributed by atoms with Crippen LogP contribution in [-0.4, -0.2) is 55.0 Å². The van der Waals surface area contributed by atoms with Gasteiger partial charge in [0.15, 0.2) is 0 Å². The van der Waals surface area contributed by atoms with Gasteiger partial charge in [-0.3, -0.25) is 0 Å². The van der Waals surface area contributed by atoms with Crippen LogP contribution < -0.4 is 5.32 Å². The number of nitrogens with zero attached hydrogens (tertiary/aromatic N) is 1. The fourth-order valence-corrected chi connectivity index (χ4v) is 5.19. The third kappa shape index (κ3) is 3.30. The number of hydrogen-bond donors (Lipinski definition) is 1. The Labute approximate surface area is 152 Å². The van der Waals surface area contributed by atoms with E-state index in [0.717, 1.165) is 38.7 Å². The zero-order valence-electron chi connectivity index (χ0n) is 16.7. The molecule has 1 aliphatic heterocycles. The molecular formula is C20H36N2O3. The summed E-state index contributed by atoms with van der Waals surface area (Å²) in [4.78, 5) is 14.7. The Morgan fingerprint density at radius 1 is 1.16 bits per heavy atom. The van der Waals surface area contributed by atoms with Crippen molar-refractivity contribution in [1.29, 1.82) is 0 Å². The second-order valence-electron chi connectivity index (χ2n) is 9.22. The second-order valence-corrected chi connectivity index (χ2v) is 9.22.